The minimum Gasteiger partial charge on any atom is -0.398 e. The summed E-state index contributed by atoms with van der Waals surface area (Å²) >= 11 is 4.96. The fourth-order valence-electron chi connectivity index (χ4n) is 1.87. The number of hydrogen-bond acceptors (Lipinski definition) is 3. The van der Waals surface area contributed by atoms with Crippen molar-refractivity contribution in [2.75, 3.05) is 17.3 Å². The highest BCUT2D eigenvalue weighted by Gasteiger charge is 2.13. The first kappa shape index (κ1) is 14.9. The molecule has 0 saturated carbocycles. The first-order valence-electron chi connectivity index (χ1n) is 6.03. The van der Waals surface area contributed by atoms with Crippen molar-refractivity contribution in [2.24, 2.45) is 0 Å². The zero-order chi connectivity index (χ0) is 14.7. The molecular weight excluding hydrogens is 336 g/mol. The molecule has 0 heterocycles. The van der Waals surface area contributed by atoms with Gasteiger partial charge in [0.05, 0.1) is 5.69 Å². The number of carbonyl (C=O) groups excluding carboxylic acids is 1. The number of nitrogens with one attached hydrogen (secondary N) is 1. The number of rotatable bonds is 3. The largest absolute Gasteiger partial charge is 0.398 e. The van der Waals surface area contributed by atoms with Crippen LogP contribution >= 0.6 is 27.7 Å². The summed E-state index contributed by atoms with van der Waals surface area (Å²) in [5.74, 6) is -0.156. The minimum atomic E-state index is -0.156. The summed E-state index contributed by atoms with van der Waals surface area (Å²) in [6.45, 7) is 1.84. The second kappa shape index (κ2) is 6.33. The van der Waals surface area contributed by atoms with Gasteiger partial charge in [-0.15, -0.1) is 11.8 Å². The molecule has 0 unspecified atom stereocenters. The van der Waals surface area contributed by atoms with Gasteiger partial charge in [0.25, 0.3) is 5.91 Å². The number of hydrogen-bond donors (Lipinski definition) is 2. The third-order valence-electron chi connectivity index (χ3n) is 3.01. The third-order valence-corrected chi connectivity index (χ3v) is 4.27. The Labute approximate surface area is 131 Å². The van der Waals surface area contributed by atoms with Crippen LogP contribution in [0.5, 0.6) is 0 Å². The van der Waals surface area contributed by atoms with Crippen molar-refractivity contribution in [1.82, 2.24) is 0 Å². The SMILES string of the molecule is CSc1ccccc1NC(=O)c1cc(Br)cc(N)c1C. The fraction of sp³-hybridized carbons (Fsp3) is 0.133. The number of halogens is 1. The van der Waals surface area contributed by atoms with Crippen LogP contribution in [-0.4, -0.2) is 12.2 Å². The van der Waals surface area contributed by atoms with E-state index in [-0.39, 0.29) is 5.91 Å². The Hall–Kier alpha value is -1.46. The highest BCUT2D eigenvalue weighted by Crippen LogP contribution is 2.27. The minimum absolute atomic E-state index is 0.156. The second-order valence-electron chi connectivity index (χ2n) is 4.32. The number of benzene rings is 2. The van der Waals surface area contributed by atoms with E-state index in [9.17, 15) is 4.79 Å². The van der Waals surface area contributed by atoms with Crippen LogP contribution in [0.25, 0.3) is 0 Å². The molecule has 2 rings (SSSR count). The van der Waals surface area contributed by atoms with E-state index in [1.54, 1.807) is 23.9 Å². The third kappa shape index (κ3) is 3.16. The van der Waals surface area contributed by atoms with Crippen LogP contribution < -0.4 is 11.1 Å². The van der Waals surface area contributed by atoms with Crippen molar-refractivity contribution in [3.05, 3.63) is 52.0 Å². The van der Waals surface area contributed by atoms with Crippen molar-refractivity contribution in [1.29, 1.82) is 0 Å². The number of nitrogen functional groups attached to an aromatic ring is 1. The lowest BCUT2D eigenvalue weighted by Gasteiger charge is -2.12. The Balaban J connectivity index is 2.33. The Kier molecular flexibility index (Phi) is 4.73. The van der Waals surface area contributed by atoms with Crippen LogP contribution in [-0.2, 0) is 0 Å². The highest BCUT2D eigenvalue weighted by molar-refractivity contribution is 9.10. The molecule has 0 radical (unpaired) electrons. The summed E-state index contributed by atoms with van der Waals surface area (Å²) in [6.07, 6.45) is 1.98. The first-order valence-corrected chi connectivity index (χ1v) is 8.04. The van der Waals surface area contributed by atoms with Gasteiger partial charge in [0.15, 0.2) is 0 Å². The van der Waals surface area contributed by atoms with E-state index < -0.39 is 0 Å². The number of para-hydroxylation sites is 1. The molecule has 2 aromatic carbocycles. The molecule has 2 aromatic rings. The predicted molar refractivity (Wildman–Crippen MR) is 89.5 cm³/mol. The molecule has 104 valence electrons. The van der Waals surface area contributed by atoms with E-state index in [1.807, 2.05) is 37.4 Å². The normalized spacial score (nSPS) is 10.3. The van der Waals surface area contributed by atoms with Crippen LogP contribution in [0.4, 0.5) is 11.4 Å². The standard InChI is InChI=1S/C15H15BrN2OS/c1-9-11(7-10(16)8-12(9)17)15(19)18-13-5-3-4-6-14(13)20-2/h3-8H,17H2,1-2H3,(H,18,19). The van der Waals surface area contributed by atoms with Crippen molar-refractivity contribution in [2.45, 2.75) is 11.8 Å². The number of carbonyl (C=O) groups is 1. The van der Waals surface area contributed by atoms with Gasteiger partial charge in [-0.1, -0.05) is 28.1 Å². The summed E-state index contributed by atoms with van der Waals surface area (Å²) in [4.78, 5) is 13.4. The molecule has 5 heteroatoms. The van der Waals surface area contributed by atoms with Gasteiger partial charge in [0.1, 0.15) is 0 Å². The molecule has 0 spiro atoms. The van der Waals surface area contributed by atoms with Crippen molar-refractivity contribution >= 4 is 45.0 Å². The Morgan fingerprint density at radius 2 is 2.00 bits per heavy atom. The molecule has 0 aliphatic carbocycles. The maximum atomic E-state index is 12.4. The van der Waals surface area contributed by atoms with Gasteiger partial charge in [-0.3, -0.25) is 4.79 Å². The number of thioether (sulfide) groups is 1. The van der Waals surface area contributed by atoms with Gasteiger partial charge in [-0.25, -0.2) is 0 Å². The smallest absolute Gasteiger partial charge is 0.256 e. The fourth-order valence-corrected chi connectivity index (χ4v) is 2.90. The van der Waals surface area contributed by atoms with E-state index in [1.165, 1.54) is 0 Å². The molecule has 1 amide bonds. The Morgan fingerprint density at radius 3 is 2.70 bits per heavy atom. The molecule has 20 heavy (non-hydrogen) atoms. The summed E-state index contributed by atoms with van der Waals surface area (Å²) in [5.41, 5.74) is 8.66. The maximum Gasteiger partial charge on any atom is 0.256 e. The summed E-state index contributed by atoms with van der Waals surface area (Å²) in [7, 11) is 0. The highest BCUT2D eigenvalue weighted by atomic mass is 79.9. The molecule has 0 bridgehead atoms. The lowest BCUT2D eigenvalue weighted by molar-refractivity contribution is 0.102. The zero-order valence-corrected chi connectivity index (χ0v) is 13.6. The van der Waals surface area contributed by atoms with Crippen molar-refractivity contribution < 1.29 is 4.79 Å². The van der Waals surface area contributed by atoms with E-state index in [0.717, 1.165) is 20.6 Å². The predicted octanol–water partition coefficient (Wildman–Crippen LogP) is 4.31. The number of anilines is 2. The number of amides is 1. The average molecular weight is 351 g/mol. The molecule has 3 nitrogen and oxygen atoms in total. The topological polar surface area (TPSA) is 55.1 Å². The van der Waals surface area contributed by atoms with Crippen molar-refractivity contribution in [3.63, 3.8) is 0 Å². The molecule has 0 fully saturated rings. The monoisotopic (exact) mass is 350 g/mol. The molecule has 0 aliphatic rings. The second-order valence-corrected chi connectivity index (χ2v) is 6.09. The van der Waals surface area contributed by atoms with Gasteiger partial charge in [0, 0.05) is 20.6 Å². The number of nitrogens with two attached hydrogens (primary N) is 1. The molecule has 0 aromatic heterocycles. The van der Waals surface area contributed by atoms with Gasteiger partial charge >= 0.3 is 0 Å². The van der Waals surface area contributed by atoms with E-state index in [4.69, 9.17) is 5.73 Å². The van der Waals surface area contributed by atoms with Crippen LogP contribution in [0, 0.1) is 6.92 Å². The molecule has 0 aliphatic heterocycles. The van der Waals surface area contributed by atoms with Gasteiger partial charge in [-0.2, -0.15) is 0 Å². The van der Waals surface area contributed by atoms with Crippen molar-refractivity contribution in [3.8, 4) is 0 Å². The lowest BCUT2D eigenvalue weighted by atomic mass is 10.1. The molecule has 0 saturated heterocycles. The Morgan fingerprint density at radius 1 is 1.30 bits per heavy atom. The quantitative estimate of drug-likeness (QED) is 0.640. The van der Waals surface area contributed by atoms with Crippen LogP contribution in [0.1, 0.15) is 15.9 Å². The maximum absolute atomic E-state index is 12.4. The summed E-state index contributed by atoms with van der Waals surface area (Å²) in [5, 5.41) is 2.94. The van der Waals surface area contributed by atoms with Gasteiger partial charge < -0.3 is 11.1 Å². The molecule has 3 N–H and O–H groups in total. The lowest BCUT2D eigenvalue weighted by Crippen LogP contribution is -2.14. The van der Waals surface area contributed by atoms with E-state index >= 15 is 0 Å². The molecule has 0 atom stereocenters. The van der Waals surface area contributed by atoms with E-state index in [2.05, 4.69) is 21.2 Å². The van der Waals surface area contributed by atoms with E-state index in [0.29, 0.717) is 11.3 Å². The average Bonchev–Trinajstić information content (AvgIpc) is 2.43. The molecular formula is C15H15BrN2OS. The summed E-state index contributed by atoms with van der Waals surface area (Å²) in [6, 6.07) is 11.3. The first-order chi connectivity index (χ1) is 9.52. The van der Waals surface area contributed by atoms with Crippen LogP contribution in [0.2, 0.25) is 0 Å². The summed E-state index contributed by atoms with van der Waals surface area (Å²) < 4.78 is 0.795. The van der Waals surface area contributed by atoms with Gasteiger partial charge in [0.2, 0.25) is 0 Å². The van der Waals surface area contributed by atoms with Crippen LogP contribution in [0.15, 0.2) is 45.8 Å². The zero-order valence-electron chi connectivity index (χ0n) is 11.2. The van der Waals surface area contributed by atoms with Gasteiger partial charge in [-0.05, 0) is 43.0 Å². The van der Waals surface area contributed by atoms with Crippen LogP contribution in [0.3, 0.4) is 0 Å². The Bertz CT molecular complexity index is 658.